The van der Waals surface area contributed by atoms with E-state index in [1.54, 1.807) is 13.0 Å². The first kappa shape index (κ1) is 10.1. The van der Waals surface area contributed by atoms with E-state index in [0.29, 0.717) is 5.02 Å². The first-order valence-electron chi connectivity index (χ1n) is 4.05. The first-order valence-corrected chi connectivity index (χ1v) is 4.43. The van der Waals surface area contributed by atoms with Crippen LogP contribution in [0.25, 0.3) is 0 Å². The molecule has 1 N–H and O–H groups in total. The zero-order valence-corrected chi connectivity index (χ0v) is 8.39. The number of hydrogen-bond acceptors (Lipinski definition) is 1. The monoisotopic (exact) mass is 194 g/mol. The molecule has 0 aromatic heterocycles. The summed E-state index contributed by atoms with van der Waals surface area (Å²) in [5.41, 5.74) is 1.94. The van der Waals surface area contributed by atoms with Crippen molar-refractivity contribution < 1.29 is 5.11 Å². The fraction of sp³-hybridized carbons (Fsp3) is 0.273. The van der Waals surface area contributed by atoms with E-state index in [0.717, 1.165) is 11.1 Å². The minimum atomic E-state index is -0.588. The summed E-state index contributed by atoms with van der Waals surface area (Å²) in [6.45, 7) is 3.58. The summed E-state index contributed by atoms with van der Waals surface area (Å²) in [6, 6.07) is 5.50. The highest BCUT2D eigenvalue weighted by atomic mass is 35.5. The fourth-order valence-corrected chi connectivity index (χ4v) is 1.18. The molecule has 0 bridgehead atoms. The predicted octanol–water partition coefficient (Wildman–Crippen LogP) is 2.38. The average Bonchev–Trinajstić information content (AvgIpc) is 2.02. The van der Waals surface area contributed by atoms with E-state index in [9.17, 15) is 0 Å². The van der Waals surface area contributed by atoms with Crippen molar-refractivity contribution in [2.75, 3.05) is 0 Å². The number of aryl methyl sites for hydroxylation is 1. The molecular formula is C11H11ClO. The quantitative estimate of drug-likeness (QED) is 0.629. The van der Waals surface area contributed by atoms with Gasteiger partial charge in [0.15, 0.2) is 0 Å². The van der Waals surface area contributed by atoms with Gasteiger partial charge in [0.2, 0.25) is 0 Å². The van der Waals surface area contributed by atoms with Gasteiger partial charge < -0.3 is 5.11 Å². The number of aliphatic hydroxyl groups excluding tert-OH is 1. The van der Waals surface area contributed by atoms with Gasteiger partial charge in [-0.1, -0.05) is 23.4 Å². The van der Waals surface area contributed by atoms with Gasteiger partial charge in [-0.15, -0.1) is 0 Å². The number of aliphatic hydroxyl groups is 1. The summed E-state index contributed by atoms with van der Waals surface area (Å²) in [6.07, 6.45) is -0.588. The second-order valence-electron chi connectivity index (χ2n) is 2.90. The Bertz CT molecular complexity index is 358. The van der Waals surface area contributed by atoms with E-state index in [1.807, 2.05) is 19.1 Å². The molecule has 1 rings (SSSR count). The highest BCUT2D eigenvalue weighted by molar-refractivity contribution is 6.30. The molecule has 68 valence electrons. The Balaban J connectivity index is 2.98. The summed E-state index contributed by atoms with van der Waals surface area (Å²) in [4.78, 5) is 0. The topological polar surface area (TPSA) is 20.2 Å². The van der Waals surface area contributed by atoms with Gasteiger partial charge in [-0.05, 0) is 37.6 Å². The van der Waals surface area contributed by atoms with Crippen molar-refractivity contribution in [3.63, 3.8) is 0 Å². The van der Waals surface area contributed by atoms with E-state index in [4.69, 9.17) is 16.7 Å². The van der Waals surface area contributed by atoms with E-state index < -0.39 is 6.10 Å². The lowest BCUT2D eigenvalue weighted by molar-refractivity contribution is 0.253. The van der Waals surface area contributed by atoms with Crippen LogP contribution in [0.15, 0.2) is 18.2 Å². The SMILES string of the molecule is Cc1cc(Cl)ccc1C#CC(C)O. The van der Waals surface area contributed by atoms with Crippen LogP contribution in [-0.2, 0) is 0 Å². The molecule has 0 saturated carbocycles. The molecule has 0 radical (unpaired) electrons. The van der Waals surface area contributed by atoms with Crippen LogP contribution in [0.5, 0.6) is 0 Å². The van der Waals surface area contributed by atoms with E-state index in [-0.39, 0.29) is 0 Å². The summed E-state index contributed by atoms with van der Waals surface area (Å²) in [7, 11) is 0. The van der Waals surface area contributed by atoms with Crippen molar-refractivity contribution in [2.24, 2.45) is 0 Å². The van der Waals surface area contributed by atoms with Gasteiger partial charge >= 0.3 is 0 Å². The molecule has 0 fully saturated rings. The summed E-state index contributed by atoms with van der Waals surface area (Å²) < 4.78 is 0. The molecule has 2 heteroatoms. The highest BCUT2D eigenvalue weighted by Crippen LogP contribution is 2.13. The molecule has 0 aliphatic carbocycles. The van der Waals surface area contributed by atoms with Gasteiger partial charge in [0.1, 0.15) is 6.10 Å². The lowest BCUT2D eigenvalue weighted by atomic mass is 10.1. The zero-order valence-electron chi connectivity index (χ0n) is 7.63. The molecule has 13 heavy (non-hydrogen) atoms. The molecular weight excluding hydrogens is 184 g/mol. The Morgan fingerprint density at radius 1 is 1.46 bits per heavy atom. The Hall–Kier alpha value is -0.970. The Morgan fingerprint density at radius 2 is 2.15 bits per heavy atom. The van der Waals surface area contributed by atoms with Crippen LogP contribution in [0.2, 0.25) is 5.02 Å². The van der Waals surface area contributed by atoms with Crippen molar-refractivity contribution in [1.82, 2.24) is 0 Å². The molecule has 0 aliphatic heterocycles. The van der Waals surface area contributed by atoms with Crippen LogP contribution < -0.4 is 0 Å². The standard InChI is InChI=1S/C11H11ClO/c1-8-7-11(12)6-5-10(8)4-3-9(2)13/h5-7,9,13H,1-2H3. The maximum atomic E-state index is 8.96. The zero-order chi connectivity index (χ0) is 9.84. The lowest BCUT2D eigenvalue weighted by Gasteiger charge is -1.97. The molecule has 0 saturated heterocycles. The van der Waals surface area contributed by atoms with E-state index in [2.05, 4.69) is 11.8 Å². The normalized spacial score (nSPS) is 11.7. The van der Waals surface area contributed by atoms with Gasteiger partial charge in [-0.3, -0.25) is 0 Å². The molecule has 0 heterocycles. The largest absolute Gasteiger partial charge is 0.381 e. The Kier molecular flexibility index (Phi) is 3.36. The van der Waals surface area contributed by atoms with Crippen molar-refractivity contribution >= 4 is 11.6 Å². The summed E-state index contributed by atoms with van der Waals surface area (Å²) in [5, 5.41) is 9.67. The number of hydrogen-bond donors (Lipinski definition) is 1. The second-order valence-corrected chi connectivity index (χ2v) is 3.34. The Morgan fingerprint density at radius 3 is 2.69 bits per heavy atom. The molecule has 0 spiro atoms. The van der Waals surface area contributed by atoms with Crippen molar-refractivity contribution in [2.45, 2.75) is 20.0 Å². The maximum Gasteiger partial charge on any atom is 0.112 e. The van der Waals surface area contributed by atoms with Crippen LogP contribution in [0.3, 0.4) is 0 Å². The third kappa shape index (κ3) is 3.10. The highest BCUT2D eigenvalue weighted by Gasteiger charge is 1.95. The molecule has 0 amide bonds. The van der Waals surface area contributed by atoms with Gasteiger partial charge in [0, 0.05) is 10.6 Å². The summed E-state index contributed by atoms with van der Waals surface area (Å²) >= 11 is 5.78. The van der Waals surface area contributed by atoms with E-state index >= 15 is 0 Å². The molecule has 1 atom stereocenters. The fourth-order valence-electron chi connectivity index (χ4n) is 0.950. The third-order valence-electron chi connectivity index (χ3n) is 1.60. The number of benzene rings is 1. The molecule has 1 nitrogen and oxygen atoms in total. The van der Waals surface area contributed by atoms with Gasteiger partial charge in [0.05, 0.1) is 0 Å². The van der Waals surface area contributed by atoms with Crippen LogP contribution in [0.1, 0.15) is 18.1 Å². The van der Waals surface area contributed by atoms with Gasteiger partial charge in [0.25, 0.3) is 0 Å². The van der Waals surface area contributed by atoms with Crippen LogP contribution in [-0.4, -0.2) is 11.2 Å². The predicted molar refractivity (Wildman–Crippen MR) is 54.7 cm³/mol. The number of halogens is 1. The molecule has 0 aliphatic rings. The average molecular weight is 195 g/mol. The smallest absolute Gasteiger partial charge is 0.112 e. The van der Waals surface area contributed by atoms with Crippen LogP contribution >= 0.6 is 11.6 Å². The number of rotatable bonds is 0. The minimum absolute atomic E-state index is 0.588. The van der Waals surface area contributed by atoms with Crippen LogP contribution in [0, 0.1) is 18.8 Å². The lowest BCUT2D eigenvalue weighted by Crippen LogP contribution is -1.93. The Labute approximate surface area is 83.4 Å². The van der Waals surface area contributed by atoms with Crippen LogP contribution in [0.4, 0.5) is 0 Å². The van der Waals surface area contributed by atoms with Gasteiger partial charge in [-0.2, -0.15) is 0 Å². The van der Waals surface area contributed by atoms with Crippen molar-refractivity contribution in [3.05, 3.63) is 34.3 Å². The van der Waals surface area contributed by atoms with Gasteiger partial charge in [-0.25, -0.2) is 0 Å². The first-order chi connectivity index (χ1) is 6.09. The maximum absolute atomic E-state index is 8.96. The van der Waals surface area contributed by atoms with E-state index in [1.165, 1.54) is 0 Å². The molecule has 1 aromatic carbocycles. The van der Waals surface area contributed by atoms with Crippen molar-refractivity contribution in [3.8, 4) is 11.8 Å². The molecule has 1 aromatic rings. The summed E-state index contributed by atoms with van der Waals surface area (Å²) in [5.74, 6) is 5.57. The molecule has 1 unspecified atom stereocenters. The third-order valence-corrected chi connectivity index (χ3v) is 1.84. The minimum Gasteiger partial charge on any atom is -0.381 e. The van der Waals surface area contributed by atoms with Crippen molar-refractivity contribution in [1.29, 1.82) is 0 Å². The second kappa shape index (κ2) is 4.32.